The zero-order valence-corrected chi connectivity index (χ0v) is 34.3. The number of carbonyl (C=O) groups is 1. The number of carbonyl (C=O) groups excluding carboxylic acids is 1. The minimum atomic E-state index is -1.61. The third kappa shape index (κ3) is 25.0. The summed E-state index contributed by atoms with van der Waals surface area (Å²) < 4.78 is 11.1. The standard InChI is InChI=1S/C44H83NO9/c1-3-5-7-9-11-13-15-17-19-21-23-25-27-29-31-33-38(48)43(52)45-36(35-53-44-42(51)41(50)40(49)39(34-46)54-44)37(47)32-30-28-26-24-22-20-18-16-14-12-10-8-6-4-2/h12,14,30,32,36-42,44,46-51H,3-11,13,15-29,31,33-35H2,1-2H3,(H,45,52)/b14-12-,32-30+/t36-,37+,38-,39+,40+,41-,42+,44+/m0/s1. The summed E-state index contributed by atoms with van der Waals surface area (Å²) in [5.41, 5.74) is 0. The Kier molecular flexibility index (Phi) is 32.7. The molecule has 1 rings (SSSR count). The highest BCUT2D eigenvalue weighted by Gasteiger charge is 2.44. The smallest absolute Gasteiger partial charge is 0.249 e. The third-order valence-electron chi connectivity index (χ3n) is 10.6. The van der Waals surface area contributed by atoms with Crippen LogP contribution in [0.25, 0.3) is 0 Å². The number of aliphatic hydroxyl groups is 6. The van der Waals surface area contributed by atoms with Crippen LogP contribution in [0.4, 0.5) is 0 Å². The lowest BCUT2D eigenvalue weighted by atomic mass is 9.99. The molecule has 10 nitrogen and oxygen atoms in total. The zero-order valence-electron chi connectivity index (χ0n) is 34.3. The van der Waals surface area contributed by atoms with E-state index in [1.807, 2.05) is 6.08 Å². The number of rotatable bonds is 36. The molecule has 0 aromatic heterocycles. The van der Waals surface area contributed by atoms with Gasteiger partial charge in [0.05, 0.1) is 25.4 Å². The molecule has 0 spiro atoms. The Morgan fingerprint density at radius 3 is 1.59 bits per heavy atom. The lowest BCUT2D eigenvalue weighted by Gasteiger charge is -2.40. The van der Waals surface area contributed by atoms with E-state index in [0.29, 0.717) is 6.42 Å². The molecular formula is C44H83NO9. The van der Waals surface area contributed by atoms with E-state index in [1.54, 1.807) is 6.08 Å². The largest absolute Gasteiger partial charge is 0.394 e. The normalized spacial score (nSPS) is 22.3. The van der Waals surface area contributed by atoms with Gasteiger partial charge < -0.3 is 45.4 Å². The summed E-state index contributed by atoms with van der Waals surface area (Å²) in [5, 5.41) is 64.5. The maximum Gasteiger partial charge on any atom is 0.249 e. The van der Waals surface area contributed by atoms with Crippen molar-refractivity contribution >= 4 is 5.91 Å². The molecular weight excluding hydrogens is 686 g/mol. The summed E-state index contributed by atoms with van der Waals surface area (Å²) in [6, 6.07) is -0.980. The summed E-state index contributed by atoms with van der Waals surface area (Å²) in [7, 11) is 0. The number of unbranched alkanes of at least 4 members (excludes halogenated alkanes) is 23. The van der Waals surface area contributed by atoms with Gasteiger partial charge in [0.15, 0.2) is 6.29 Å². The molecule has 0 unspecified atom stereocenters. The van der Waals surface area contributed by atoms with Crippen molar-refractivity contribution in [3.63, 3.8) is 0 Å². The van der Waals surface area contributed by atoms with E-state index in [2.05, 4.69) is 31.3 Å². The molecule has 1 aliphatic rings. The molecule has 7 N–H and O–H groups in total. The number of nitrogens with one attached hydrogen (secondary N) is 1. The Hall–Kier alpha value is -1.37. The highest BCUT2D eigenvalue weighted by atomic mass is 16.7. The average molecular weight is 770 g/mol. The summed E-state index contributed by atoms with van der Waals surface area (Å²) in [5.74, 6) is -0.619. The van der Waals surface area contributed by atoms with E-state index < -0.39 is 61.5 Å². The Labute approximate surface area is 329 Å². The average Bonchev–Trinajstić information content (AvgIpc) is 3.17. The van der Waals surface area contributed by atoms with Crippen molar-refractivity contribution in [1.82, 2.24) is 5.32 Å². The van der Waals surface area contributed by atoms with Crippen molar-refractivity contribution in [2.75, 3.05) is 13.2 Å². The van der Waals surface area contributed by atoms with Crippen molar-refractivity contribution in [2.45, 2.75) is 236 Å². The molecule has 1 aliphatic heterocycles. The molecule has 0 radical (unpaired) electrons. The second kappa shape index (κ2) is 34.8. The molecule has 10 heteroatoms. The van der Waals surface area contributed by atoms with Crippen LogP contribution in [0.15, 0.2) is 24.3 Å². The summed E-state index contributed by atoms with van der Waals surface area (Å²) in [4.78, 5) is 13.0. The fraction of sp³-hybridized carbons (Fsp3) is 0.886. The van der Waals surface area contributed by atoms with Crippen LogP contribution in [0.2, 0.25) is 0 Å². The van der Waals surface area contributed by atoms with Crippen LogP contribution in [-0.4, -0.2) is 98.7 Å². The van der Waals surface area contributed by atoms with Crippen molar-refractivity contribution in [3.8, 4) is 0 Å². The molecule has 318 valence electrons. The summed E-state index contributed by atoms with van der Waals surface area (Å²) in [6.45, 7) is 3.57. The topological polar surface area (TPSA) is 169 Å². The first kappa shape index (κ1) is 50.6. The quantitative estimate of drug-likeness (QED) is 0.0250. The van der Waals surface area contributed by atoms with Crippen LogP contribution in [0.1, 0.15) is 187 Å². The van der Waals surface area contributed by atoms with E-state index in [1.165, 1.54) is 109 Å². The van der Waals surface area contributed by atoms with E-state index in [-0.39, 0.29) is 6.61 Å². The molecule has 8 atom stereocenters. The van der Waals surface area contributed by atoms with Gasteiger partial charge in [0.1, 0.15) is 30.5 Å². The first-order valence-corrected chi connectivity index (χ1v) is 22.2. The van der Waals surface area contributed by atoms with E-state index in [0.717, 1.165) is 57.8 Å². The van der Waals surface area contributed by atoms with Crippen LogP contribution in [0.5, 0.6) is 0 Å². The molecule has 1 fully saturated rings. The fourth-order valence-corrected chi connectivity index (χ4v) is 6.92. The lowest BCUT2D eigenvalue weighted by Crippen LogP contribution is -2.60. The second-order valence-corrected chi connectivity index (χ2v) is 15.6. The predicted molar refractivity (Wildman–Crippen MR) is 218 cm³/mol. The van der Waals surface area contributed by atoms with Gasteiger partial charge in [-0.2, -0.15) is 0 Å². The van der Waals surface area contributed by atoms with Crippen molar-refractivity contribution in [2.24, 2.45) is 0 Å². The minimum absolute atomic E-state index is 0.307. The van der Waals surface area contributed by atoms with Crippen LogP contribution < -0.4 is 5.32 Å². The molecule has 54 heavy (non-hydrogen) atoms. The summed E-state index contributed by atoms with van der Waals surface area (Å²) in [6.07, 6.45) is 29.7. The van der Waals surface area contributed by atoms with Gasteiger partial charge in [-0.3, -0.25) is 4.79 Å². The van der Waals surface area contributed by atoms with Crippen LogP contribution >= 0.6 is 0 Å². The number of ether oxygens (including phenoxy) is 2. The fourth-order valence-electron chi connectivity index (χ4n) is 6.92. The SMILES string of the molecule is CCCCC/C=C\CCCCCCC/C=C/[C@@H](O)[C@H](CO[C@@H]1O[C@H](CO)[C@@H](O)[C@H](O)[C@H]1O)NC(=O)[C@@H](O)CCCCCCCCCCCCCCCCC. The Balaban J connectivity index is 2.45. The molecule has 1 heterocycles. The number of hydrogen-bond acceptors (Lipinski definition) is 9. The highest BCUT2D eigenvalue weighted by Crippen LogP contribution is 2.22. The Morgan fingerprint density at radius 2 is 1.07 bits per heavy atom. The Bertz CT molecular complexity index is 916. The van der Waals surface area contributed by atoms with Crippen molar-refractivity contribution in [3.05, 3.63) is 24.3 Å². The number of amides is 1. The first-order valence-electron chi connectivity index (χ1n) is 22.2. The summed E-state index contributed by atoms with van der Waals surface area (Å²) >= 11 is 0. The van der Waals surface area contributed by atoms with Gasteiger partial charge in [-0.25, -0.2) is 0 Å². The molecule has 0 aromatic rings. The number of hydrogen-bond donors (Lipinski definition) is 7. The van der Waals surface area contributed by atoms with Gasteiger partial charge in [0.25, 0.3) is 0 Å². The molecule has 1 saturated heterocycles. The Morgan fingerprint density at radius 1 is 0.630 bits per heavy atom. The second-order valence-electron chi connectivity index (χ2n) is 15.6. The maximum atomic E-state index is 13.0. The van der Waals surface area contributed by atoms with Gasteiger partial charge >= 0.3 is 0 Å². The first-order chi connectivity index (χ1) is 26.3. The van der Waals surface area contributed by atoms with Crippen molar-refractivity contribution < 1.29 is 44.9 Å². The van der Waals surface area contributed by atoms with Gasteiger partial charge in [0, 0.05) is 0 Å². The van der Waals surface area contributed by atoms with Crippen LogP contribution in [-0.2, 0) is 14.3 Å². The monoisotopic (exact) mass is 770 g/mol. The van der Waals surface area contributed by atoms with Crippen molar-refractivity contribution in [1.29, 1.82) is 0 Å². The van der Waals surface area contributed by atoms with Crippen LogP contribution in [0, 0.1) is 0 Å². The van der Waals surface area contributed by atoms with Gasteiger partial charge in [-0.15, -0.1) is 0 Å². The number of aliphatic hydroxyl groups excluding tert-OH is 6. The molecule has 0 aromatic carbocycles. The predicted octanol–water partition coefficient (Wildman–Crippen LogP) is 7.69. The van der Waals surface area contributed by atoms with E-state index in [4.69, 9.17) is 9.47 Å². The maximum absolute atomic E-state index is 13.0. The van der Waals surface area contributed by atoms with E-state index in [9.17, 15) is 35.4 Å². The minimum Gasteiger partial charge on any atom is -0.394 e. The molecule has 0 aliphatic carbocycles. The van der Waals surface area contributed by atoms with Crippen LogP contribution in [0.3, 0.4) is 0 Å². The highest BCUT2D eigenvalue weighted by molar-refractivity contribution is 5.80. The van der Waals surface area contributed by atoms with E-state index >= 15 is 0 Å². The third-order valence-corrected chi connectivity index (χ3v) is 10.6. The molecule has 0 bridgehead atoms. The molecule has 0 saturated carbocycles. The number of allylic oxidation sites excluding steroid dienone is 3. The van der Waals surface area contributed by atoms with Gasteiger partial charge in [0.2, 0.25) is 5.91 Å². The van der Waals surface area contributed by atoms with Gasteiger partial charge in [-0.1, -0.05) is 167 Å². The zero-order chi connectivity index (χ0) is 39.7. The van der Waals surface area contributed by atoms with Gasteiger partial charge in [-0.05, 0) is 44.9 Å². The lowest BCUT2D eigenvalue weighted by molar-refractivity contribution is -0.302. The molecule has 1 amide bonds.